The van der Waals surface area contributed by atoms with Gasteiger partial charge in [-0.1, -0.05) is 12.2 Å². The lowest BCUT2D eigenvalue weighted by Gasteiger charge is -2.17. The van der Waals surface area contributed by atoms with Gasteiger partial charge >= 0.3 is 0 Å². The number of likely N-dealkylation sites (tertiary alicyclic amines) is 1. The van der Waals surface area contributed by atoms with Gasteiger partial charge in [-0.05, 0) is 37.5 Å². The molecule has 4 atom stereocenters. The molecule has 4 rings (SSSR count). The molecule has 1 heterocycles. The first-order valence-electron chi connectivity index (χ1n) is 7.98. The number of hydrogen-bond donors (Lipinski definition) is 1. The van der Waals surface area contributed by atoms with E-state index in [0.717, 1.165) is 19.3 Å². The number of nitrogens with one attached hydrogen (secondary N) is 1. The van der Waals surface area contributed by atoms with Crippen molar-refractivity contribution in [3.05, 3.63) is 12.2 Å². The highest BCUT2D eigenvalue weighted by molar-refractivity contribution is 6.06. The zero-order valence-electron chi connectivity index (χ0n) is 12.0. The summed E-state index contributed by atoms with van der Waals surface area (Å²) in [7, 11) is 0. The Morgan fingerprint density at radius 3 is 2.33 bits per heavy atom. The molecule has 3 aliphatic carbocycles. The fourth-order valence-corrected chi connectivity index (χ4v) is 4.12. The summed E-state index contributed by atoms with van der Waals surface area (Å²) < 4.78 is 0. The van der Waals surface area contributed by atoms with E-state index >= 15 is 0 Å². The molecular weight excluding hydrogens is 268 g/mol. The topological polar surface area (TPSA) is 66.5 Å². The number of carbonyl (C=O) groups is 3. The molecule has 1 aliphatic heterocycles. The maximum absolute atomic E-state index is 12.4. The van der Waals surface area contributed by atoms with Crippen molar-refractivity contribution < 1.29 is 14.4 Å². The van der Waals surface area contributed by atoms with Crippen LogP contribution in [0.4, 0.5) is 0 Å². The summed E-state index contributed by atoms with van der Waals surface area (Å²) in [6, 6.07) is 0. The molecule has 0 unspecified atom stereocenters. The molecule has 21 heavy (non-hydrogen) atoms. The van der Waals surface area contributed by atoms with Gasteiger partial charge in [0.1, 0.15) is 0 Å². The first kappa shape index (κ1) is 13.0. The summed E-state index contributed by atoms with van der Waals surface area (Å²) in [5, 5.41) is 2.88. The number of carbonyl (C=O) groups excluding carboxylic acids is 3. The summed E-state index contributed by atoms with van der Waals surface area (Å²) in [5.41, 5.74) is 0. The molecule has 4 aliphatic rings. The smallest absolute Gasteiger partial charge is 0.233 e. The standard InChI is InChI=1S/C16H20N2O3/c19-14(9-2-3-9)17-6-1-7-18-15(20)12-10-4-5-11(8-10)13(12)16(18)21/h4-5,9-13H,1-3,6-8H2,(H,17,19)/t10-,11-,12-,13+/m0/s1. The SMILES string of the molecule is O=C(NCCCN1C(=O)[C@@H]2[C@H](C1=O)[C@H]1C=C[C@H]2C1)C1CC1. The van der Waals surface area contributed by atoms with Gasteiger partial charge in [-0.2, -0.15) is 0 Å². The third-order valence-corrected chi connectivity index (χ3v) is 5.37. The lowest BCUT2D eigenvalue weighted by molar-refractivity contribution is -0.140. The second-order valence-electron chi connectivity index (χ2n) is 6.75. The summed E-state index contributed by atoms with van der Waals surface area (Å²) >= 11 is 0. The van der Waals surface area contributed by atoms with Crippen LogP contribution in [0.5, 0.6) is 0 Å². The van der Waals surface area contributed by atoms with Gasteiger partial charge in [0, 0.05) is 19.0 Å². The normalized spacial score (nSPS) is 36.5. The largest absolute Gasteiger partial charge is 0.356 e. The molecule has 1 saturated heterocycles. The molecule has 5 heteroatoms. The molecule has 112 valence electrons. The number of nitrogens with zero attached hydrogens (tertiary/aromatic N) is 1. The highest BCUT2D eigenvalue weighted by Crippen LogP contribution is 2.52. The molecule has 2 bridgehead atoms. The van der Waals surface area contributed by atoms with Crippen LogP contribution in [-0.4, -0.2) is 35.7 Å². The van der Waals surface area contributed by atoms with Crippen molar-refractivity contribution in [2.75, 3.05) is 13.1 Å². The van der Waals surface area contributed by atoms with E-state index in [4.69, 9.17) is 0 Å². The number of fused-ring (bicyclic) bond motifs is 5. The summed E-state index contributed by atoms with van der Waals surface area (Å²) in [4.78, 5) is 37.8. The second-order valence-corrected chi connectivity index (χ2v) is 6.75. The minimum absolute atomic E-state index is 0.00960. The lowest BCUT2D eigenvalue weighted by Crippen LogP contribution is -2.36. The summed E-state index contributed by atoms with van der Waals surface area (Å²) in [5.74, 6) is 0.689. The third kappa shape index (κ3) is 2.01. The van der Waals surface area contributed by atoms with E-state index in [9.17, 15) is 14.4 Å². The zero-order chi connectivity index (χ0) is 14.6. The van der Waals surface area contributed by atoms with Crippen LogP contribution in [0.1, 0.15) is 25.7 Å². The molecule has 2 saturated carbocycles. The van der Waals surface area contributed by atoms with Gasteiger partial charge in [-0.3, -0.25) is 19.3 Å². The van der Waals surface area contributed by atoms with Crippen LogP contribution >= 0.6 is 0 Å². The number of imide groups is 1. The van der Waals surface area contributed by atoms with Crippen molar-refractivity contribution in [1.82, 2.24) is 10.2 Å². The Kier molecular flexibility index (Phi) is 2.91. The quantitative estimate of drug-likeness (QED) is 0.460. The molecule has 0 spiro atoms. The van der Waals surface area contributed by atoms with Crippen LogP contribution in [0.25, 0.3) is 0 Å². The van der Waals surface area contributed by atoms with Gasteiger partial charge in [0.2, 0.25) is 17.7 Å². The van der Waals surface area contributed by atoms with Crippen molar-refractivity contribution in [2.45, 2.75) is 25.7 Å². The minimum Gasteiger partial charge on any atom is -0.356 e. The van der Waals surface area contributed by atoms with E-state index in [0.29, 0.717) is 19.5 Å². The van der Waals surface area contributed by atoms with E-state index in [1.165, 1.54) is 4.90 Å². The molecule has 0 aromatic carbocycles. The van der Waals surface area contributed by atoms with Gasteiger partial charge in [-0.25, -0.2) is 0 Å². The summed E-state index contributed by atoms with van der Waals surface area (Å²) in [6.45, 7) is 0.988. The van der Waals surface area contributed by atoms with E-state index in [1.54, 1.807) is 0 Å². The molecule has 0 radical (unpaired) electrons. The molecule has 3 fully saturated rings. The molecule has 1 N–H and O–H groups in total. The highest BCUT2D eigenvalue weighted by Gasteiger charge is 2.58. The van der Waals surface area contributed by atoms with Gasteiger partial charge in [-0.15, -0.1) is 0 Å². The number of hydrogen-bond acceptors (Lipinski definition) is 3. The fraction of sp³-hybridized carbons (Fsp3) is 0.688. The Labute approximate surface area is 123 Å². The van der Waals surface area contributed by atoms with E-state index in [1.807, 2.05) is 0 Å². The predicted molar refractivity (Wildman–Crippen MR) is 74.8 cm³/mol. The Hall–Kier alpha value is -1.65. The minimum atomic E-state index is -0.103. The average molecular weight is 288 g/mol. The molecule has 3 amide bonds. The van der Waals surface area contributed by atoms with Gasteiger partial charge < -0.3 is 5.32 Å². The molecular formula is C16H20N2O3. The number of amides is 3. The van der Waals surface area contributed by atoms with Crippen molar-refractivity contribution >= 4 is 17.7 Å². The van der Waals surface area contributed by atoms with Gasteiger partial charge in [0.05, 0.1) is 11.8 Å². The number of allylic oxidation sites excluding steroid dienone is 2. The first-order chi connectivity index (χ1) is 10.2. The zero-order valence-corrected chi connectivity index (χ0v) is 12.0. The highest BCUT2D eigenvalue weighted by atomic mass is 16.2. The number of rotatable bonds is 5. The van der Waals surface area contributed by atoms with Crippen molar-refractivity contribution in [3.63, 3.8) is 0 Å². The monoisotopic (exact) mass is 288 g/mol. The van der Waals surface area contributed by atoms with Crippen LogP contribution in [-0.2, 0) is 14.4 Å². The molecule has 5 nitrogen and oxygen atoms in total. The van der Waals surface area contributed by atoms with Crippen LogP contribution in [0.2, 0.25) is 0 Å². The Bertz CT molecular complexity index is 508. The second kappa shape index (κ2) is 4.68. The van der Waals surface area contributed by atoms with E-state index in [-0.39, 0.29) is 47.3 Å². The Morgan fingerprint density at radius 1 is 1.14 bits per heavy atom. The van der Waals surface area contributed by atoms with Crippen molar-refractivity contribution in [2.24, 2.45) is 29.6 Å². The van der Waals surface area contributed by atoms with Crippen molar-refractivity contribution in [3.8, 4) is 0 Å². The Balaban J connectivity index is 1.31. The first-order valence-corrected chi connectivity index (χ1v) is 7.98. The van der Waals surface area contributed by atoms with Gasteiger partial charge in [0.25, 0.3) is 0 Å². The van der Waals surface area contributed by atoms with E-state index < -0.39 is 0 Å². The van der Waals surface area contributed by atoms with Crippen LogP contribution in [0, 0.1) is 29.6 Å². The predicted octanol–water partition coefficient (Wildman–Crippen LogP) is 0.710. The van der Waals surface area contributed by atoms with Gasteiger partial charge in [0.15, 0.2) is 0 Å². The third-order valence-electron chi connectivity index (χ3n) is 5.37. The lowest BCUT2D eigenvalue weighted by atomic mass is 9.85. The van der Waals surface area contributed by atoms with Crippen LogP contribution < -0.4 is 5.32 Å². The van der Waals surface area contributed by atoms with Crippen LogP contribution in [0.15, 0.2) is 12.2 Å². The molecule has 0 aromatic rings. The Morgan fingerprint density at radius 2 is 1.76 bits per heavy atom. The molecule has 0 aromatic heterocycles. The van der Waals surface area contributed by atoms with Crippen molar-refractivity contribution in [1.29, 1.82) is 0 Å². The fourth-order valence-electron chi connectivity index (χ4n) is 4.12. The maximum Gasteiger partial charge on any atom is 0.233 e. The van der Waals surface area contributed by atoms with Crippen LogP contribution in [0.3, 0.4) is 0 Å². The maximum atomic E-state index is 12.4. The van der Waals surface area contributed by atoms with E-state index in [2.05, 4.69) is 17.5 Å². The summed E-state index contributed by atoms with van der Waals surface area (Å²) in [6.07, 6.45) is 7.82. The average Bonchev–Trinajstić information content (AvgIpc) is 3.06.